The van der Waals surface area contributed by atoms with Gasteiger partial charge in [-0.3, -0.25) is 4.99 Å². The highest BCUT2D eigenvalue weighted by Crippen LogP contribution is 2.30. The average Bonchev–Trinajstić information content (AvgIpc) is 2.50. The number of benzene rings is 1. The van der Waals surface area contributed by atoms with Crippen LogP contribution in [0.5, 0.6) is 11.5 Å². The molecule has 0 aromatic heterocycles. The molecule has 0 bridgehead atoms. The topological polar surface area (TPSA) is 54.9 Å². The van der Waals surface area contributed by atoms with Crippen LogP contribution in [0.25, 0.3) is 0 Å². The first kappa shape index (κ1) is 20.8. The molecule has 0 saturated heterocycles. The molecule has 0 heterocycles. The molecule has 0 saturated carbocycles. The van der Waals surface area contributed by atoms with Crippen LogP contribution in [-0.4, -0.2) is 33.3 Å². The maximum absolute atomic E-state index is 5.43. The SMILES string of the molecule is CN=C(NCc1cccc(OC)c1OC)NC(C)C(C)C.I. The maximum Gasteiger partial charge on any atom is 0.191 e. The molecule has 0 aliphatic heterocycles. The summed E-state index contributed by atoms with van der Waals surface area (Å²) >= 11 is 0. The molecule has 1 aromatic rings. The van der Waals surface area contributed by atoms with Crippen LogP contribution in [0.2, 0.25) is 0 Å². The van der Waals surface area contributed by atoms with Gasteiger partial charge in [-0.05, 0) is 18.9 Å². The van der Waals surface area contributed by atoms with E-state index in [1.807, 2.05) is 18.2 Å². The Bertz CT molecular complexity index is 478. The summed E-state index contributed by atoms with van der Waals surface area (Å²) in [4.78, 5) is 4.25. The van der Waals surface area contributed by atoms with Gasteiger partial charge in [0.05, 0.1) is 14.2 Å². The number of halogens is 1. The van der Waals surface area contributed by atoms with Crippen molar-refractivity contribution in [1.29, 1.82) is 0 Å². The summed E-state index contributed by atoms with van der Waals surface area (Å²) in [5, 5.41) is 6.67. The zero-order chi connectivity index (χ0) is 15.8. The number of nitrogens with zero attached hydrogens (tertiary/aromatic N) is 1. The van der Waals surface area contributed by atoms with E-state index in [2.05, 4.69) is 36.4 Å². The first-order chi connectivity index (χ1) is 10.0. The second-order valence-electron chi connectivity index (χ2n) is 5.26. The van der Waals surface area contributed by atoms with Gasteiger partial charge in [-0.1, -0.05) is 26.0 Å². The van der Waals surface area contributed by atoms with Crippen molar-refractivity contribution in [2.24, 2.45) is 10.9 Å². The molecule has 1 atom stereocenters. The monoisotopic (exact) mass is 421 g/mol. The van der Waals surface area contributed by atoms with Gasteiger partial charge < -0.3 is 20.1 Å². The van der Waals surface area contributed by atoms with E-state index in [0.29, 0.717) is 18.5 Å². The number of para-hydroxylation sites is 1. The van der Waals surface area contributed by atoms with Crippen molar-refractivity contribution in [1.82, 2.24) is 10.6 Å². The Balaban J connectivity index is 0.00000441. The summed E-state index contributed by atoms with van der Waals surface area (Å²) in [5.41, 5.74) is 1.03. The number of ether oxygens (including phenoxy) is 2. The van der Waals surface area contributed by atoms with Gasteiger partial charge in [0, 0.05) is 25.2 Å². The molecule has 0 spiro atoms. The fraction of sp³-hybridized carbons (Fsp3) is 0.562. The number of nitrogens with one attached hydrogen (secondary N) is 2. The molecule has 0 amide bonds. The first-order valence-corrected chi connectivity index (χ1v) is 7.20. The summed E-state index contributed by atoms with van der Waals surface area (Å²) in [6.45, 7) is 7.11. The lowest BCUT2D eigenvalue weighted by atomic mass is 10.1. The summed E-state index contributed by atoms with van der Waals surface area (Å²) in [5.74, 6) is 2.80. The minimum atomic E-state index is 0. The Morgan fingerprint density at radius 2 is 1.86 bits per heavy atom. The molecule has 22 heavy (non-hydrogen) atoms. The Morgan fingerprint density at radius 3 is 2.36 bits per heavy atom. The molecule has 1 rings (SSSR count). The molecule has 2 N–H and O–H groups in total. The molecule has 126 valence electrons. The van der Waals surface area contributed by atoms with Crippen molar-refractivity contribution in [2.75, 3.05) is 21.3 Å². The van der Waals surface area contributed by atoms with E-state index < -0.39 is 0 Å². The standard InChI is InChI=1S/C16H27N3O2.HI/c1-11(2)12(3)19-16(17-4)18-10-13-8-7-9-14(20-5)15(13)21-6;/h7-9,11-12H,10H2,1-6H3,(H2,17,18,19);1H. The quantitative estimate of drug-likeness (QED) is 0.421. The van der Waals surface area contributed by atoms with Gasteiger partial charge in [0.2, 0.25) is 0 Å². The van der Waals surface area contributed by atoms with E-state index in [1.54, 1.807) is 21.3 Å². The van der Waals surface area contributed by atoms with Crippen LogP contribution in [0.15, 0.2) is 23.2 Å². The Kier molecular flexibility index (Phi) is 9.97. The molecule has 6 heteroatoms. The third-order valence-electron chi connectivity index (χ3n) is 3.52. The van der Waals surface area contributed by atoms with Crippen LogP contribution < -0.4 is 20.1 Å². The van der Waals surface area contributed by atoms with Crippen molar-refractivity contribution < 1.29 is 9.47 Å². The smallest absolute Gasteiger partial charge is 0.191 e. The summed E-state index contributed by atoms with van der Waals surface area (Å²) in [7, 11) is 5.06. The van der Waals surface area contributed by atoms with E-state index in [9.17, 15) is 0 Å². The molecule has 1 unspecified atom stereocenters. The van der Waals surface area contributed by atoms with Crippen LogP contribution in [0.4, 0.5) is 0 Å². The van der Waals surface area contributed by atoms with Crippen LogP contribution in [-0.2, 0) is 6.54 Å². The fourth-order valence-corrected chi connectivity index (χ4v) is 1.85. The normalized spacial score (nSPS) is 12.4. The van der Waals surface area contributed by atoms with Gasteiger partial charge in [-0.15, -0.1) is 24.0 Å². The van der Waals surface area contributed by atoms with Crippen LogP contribution in [0.1, 0.15) is 26.3 Å². The van der Waals surface area contributed by atoms with E-state index in [1.165, 1.54) is 0 Å². The number of hydrogen-bond acceptors (Lipinski definition) is 3. The number of aliphatic imine (C=N–C) groups is 1. The summed E-state index contributed by atoms with van der Waals surface area (Å²) < 4.78 is 10.7. The second kappa shape index (κ2) is 10.5. The van der Waals surface area contributed by atoms with Gasteiger partial charge in [-0.25, -0.2) is 0 Å². The highest BCUT2D eigenvalue weighted by atomic mass is 127. The van der Waals surface area contributed by atoms with E-state index in [4.69, 9.17) is 9.47 Å². The highest BCUT2D eigenvalue weighted by Gasteiger charge is 2.12. The zero-order valence-electron chi connectivity index (χ0n) is 14.3. The Hall–Kier alpha value is -1.18. The third kappa shape index (κ3) is 5.90. The van der Waals surface area contributed by atoms with E-state index in [-0.39, 0.29) is 24.0 Å². The molecule has 1 aromatic carbocycles. The van der Waals surface area contributed by atoms with Crippen molar-refractivity contribution in [3.05, 3.63) is 23.8 Å². The largest absolute Gasteiger partial charge is 0.493 e. The van der Waals surface area contributed by atoms with Gasteiger partial charge in [0.15, 0.2) is 17.5 Å². The molecular formula is C16H28IN3O2. The average molecular weight is 421 g/mol. The molecule has 0 radical (unpaired) electrons. The number of rotatable bonds is 6. The van der Waals surface area contributed by atoms with Gasteiger partial charge in [0.25, 0.3) is 0 Å². The Morgan fingerprint density at radius 1 is 1.18 bits per heavy atom. The van der Waals surface area contributed by atoms with Crippen molar-refractivity contribution >= 4 is 29.9 Å². The molecule has 0 aliphatic carbocycles. The highest BCUT2D eigenvalue weighted by molar-refractivity contribution is 14.0. The lowest BCUT2D eigenvalue weighted by Crippen LogP contribution is -2.43. The predicted molar refractivity (Wildman–Crippen MR) is 103 cm³/mol. The van der Waals surface area contributed by atoms with Gasteiger partial charge >= 0.3 is 0 Å². The van der Waals surface area contributed by atoms with Crippen LogP contribution in [0.3, 0.4) is 0 Å². The number of methoxy groups -OCH3 is 2. The third-order valence-corrected chi connectivity index (χ3v) is 3.52. The molecular weight excluding hydrogens is 393 g/mol. The second-order valence-corrected chi connectivity index (χ2v) is 5.26. The lowest BCUT2D eigenvalue weighted by Gasteiger charge is -2.21. The molecule has 5 nitrogen and oxygen atoms in total. The summed E-state index contributed by atoms with van der Waals surface area (Å²) in [6.07, 6.45) is 0. The first-order valence-electron chi connectivity index (χ1n) is 7.20. The lowest BCUT2D eigenvalue weighted by molar-refractivity contribution is 0.351. The zero-order valence-corrected chi connectivity index (χ0v) is 16.6. The summed E-state index contributed by atoms with van der Waals surface area (Å²) in [6, 6.07) is 6.19. The van der Waals surface area contributed by atoms with Gasteiger partial charge in [0.1, 0.15) is 0 Å². The number of guanidine groups is 1. The van der Waals surface area contributed by atoms with Crippen molar-refractivity contribution in [2.45, 2.75) is 33.4 Å². The molecule has 0 aliphatic rings. The minimum absolute atomic E-state index is 0. The number of hydrogen-bond donors (Lipinski definition) is 2. The minimum Gasteiger partial charge on any atom is -0.493 e. The van der Waals surface area contributed by atoms with Crippen LogP contribution >= 0.6 is 24.0 Å². The fourth-order valence-electron chi connectivity index (χ4n) is 1.85. The van der Waals surface area contributed by atoms with Gasteiger partial charge in [-0.2, -0.15) is 0 Å². The maximum atomic E-state index is 5.43. The van der Waals surface area contributed by atoms with Crippen molar-refractivity contribution in [3.8, 4) is 11.5 Å². The Labute approximate surface area is 150 Å². The van der Waals surface area contributed by atoms with Crippen LogP contribution in [0, 0.1) is 5.92 Å². The molecule has 0 fully saturated rings. The van der Waals surface area contributed by atoms with E-state index in [0.717, 1.165) is 23.0 Å². The van der Waals surface area contributed by atoms with Crippen molar-refractivity contribution in [3.63, 3.8) is 0 Å². The van der Waals surface area contributed by atoms with E-state index >= 15 is 0 Å². The predicted octanol–water partition coefficient (Wildman–Crippen LogP) is 3.03.